The van der Waals surface area contributed by atoms with Crippen LogP contribution in [0.1, 0.15) is 29.6 Å². The van der Waals surface area contributed by atoms with Gasteiger partial charge in [-0.25, -0.2) is 4.39 Å². The van der Waals surface area contributed by atoms with E-state index in [0.29, 0.717) is 23.7 Å². The van der Waals surface area contributed by atoms with E-state index in [4.69, 9.17) is 0 Å². The standard InChI is InChI=1S/C17H22FN3O/c1-19-6-8-20(9-7-19)16-11-15-13(10-14(16)18)17(22)4-5-21(15)12-2-3-12/h10-12H,2-9H2,1H3. The highest BCUT2D eigenvalue weighted by Gasteiger charge is 2.35. The summed E-state index contributed by atoms with van der Waals surface area (Å²) in [5.41, 5.74) is 2.19. The Labute approximate surface area is 130 Å². The van der Waals surface area contributed by atoms with Crippen molar-refractivity contribution < 1.29 is 9.18 Å². The Balaban J connectivity index is 1.71. The van der Waals surface area contributed by atoms with Gasteiger partial charge in [0.15, 0.2) is 5.78 Å². The lowest BCUT2D eigenvalue weighted by Gasteiger charge is -2.36. The van der Waals surface area contributed by atoms with Gasteiger partial charge in [0.2, 0.25) is 0 Å². The molecule has 1 aromatic rings. The van der Waals surface area contributed by atoms with Gasteiger partial charge in [-0.2, -0.15) is 0 Å². The molecule has 1 aliphatic carbocycles. The number of piperazine rings is 1. The van der Waals surface area contributed by atoms with Gasteiger partial charge >= 0.3 is 0 Å². The molecule has 1 aromatic carbocycles. The summed E-state index contributed by atoms with van der Waals surface area (Å²) < 4.78 is 14.6. The summed E-state index contributed by atoms with van der Waals surface area (Å²) in [5, 5.41) is 0. The molecule has 2 aliphatic heterocycles. The molecular weight excluding hydrogens is 281 g/mol. The number of likely N-dealkylation sites (N-methyl/N-ethyl adjacent to an activating group) is 1. The lowest BCUT2D eigenvalue weighted by molar-refractivity contribution is 0.0979. The molecule has 2 fully saturated rings. The first-order valence-electron chi connectivity index (χ1n) is 8.20. The number of carbonyl (C=O) groups is 1. The molecule has 2 heterocycles. The average molecular weight is 303 g/mol. The Kier molecular flexibility index (Phi) is 3.33. The van der Waals surface area contributed by atoms with Gasteiger partial charge in [-0.15, -0.1) is 0 Å². The van der Waals surface area contributed by atoms with Crippen molar-refractivity contribution in [1.29, 1.82) is 0 Å². The van der Waals surface area contributed by atoms with E-state index in [1.807, 2.05) is 6.07 Å². The first kappa shape index (κ1) is 14.0. The first-order chi connectivity index (χ1) is 10.6. The molecule has 3 aliphatic rings. The third-order valence-corrected chi connectivity index (χ3v) is 5.09. The fourth-order valence-electron chi connectivity index (χ4n) is 3.54. The molecule has 118 valence electrons. The van der Waals surface area contributed by atoms with Crippen molar-refractivity contribution in [1.82, 2.24) is 4.90 Å². The minimum atomic E-state index is -0.255. The summed E-state index contributed by atoms with van der Waals surface area (Å²) >= 11 is 0. The number of fused-ring (bicyclic) bond motifs is 1. The molecule has 0 bridgehead atoms. The highest BCUT2D eigenvalue weighted by molar-refractivity contribution is 6.04. The summed E-state index contributed by atoms with van der Waals surface area (Å²) in [7, 11) is 2.09. The lowest BCUT2D eigenvalue weighted by atomic mass is 9.98. The molecule has 1 saturated heterocycles. The maximum atomic E-state index is 14.6. The van der Waals surface area contributed by atoms with Gasteiger partial charge in [0.05, 0.1) is 11.4 Å². The fourth-order valence-corrected chi connectivity index (χ4v) is 3.54. The Morgan fingerprint density at radius 2 is 1.77 bits per heavy atom. The zero-order valence-electron chi connectivity index (χ0n) is 13.0. The van der Waals surface area contributed by atoms with E-state index in [-0.39, 0.29) is 11.6 Å². The van der Waals surface area contributed by atoms with Crippen LogP contribution < -0.4 is 9.80 Å². The monoisotopic (exact) mass is 303 g/mol. The van der Waals surface area contributed by atoms with Crippen LogP contribution in [0.15, 0.2) is 12.1 Å². The zero-order valence-corrected chi connectivity index (χ0v) is 13.0. The third-order valence-electron chi connectivity index (χ3n) is 5.09. The van der Waals surface area contributed by atoms with Crippen molar-refractivity contribution >= 4 is 17.2 Å². The number of anilines is 2. The molecule has 4 nitrogen and oxygen atoms in total. The summed E-state index contributed by atoms with van der Waals surface area (Å²) in [6.45, 7) is 4.35. The Morgan fingerprint density at radius 1 is 1.05 bits per heavy atom. The van der Waals surface area contributed by atoms with Crippen molar-refractivity contribution in [3.05, 3.63) is 23.5 Å². The number of carbonyl (C=O) groups excluding carboxylic acids is 1. The molecule has 0 unspecified atom stereocenters. The summed E-state index contributed by atoms with van der Waals surface area (Å²) in [6.07, 6.45) is 2.89. The van der Waals surface area contributed by atoms with Crippen LogP contribution in [-0.2, 0) is 0 Å². The second-order valence-corrected chi connectivity index (χ2v) is 6.71. The van der Waals surface area contributed by atoms with Gasteiger partial charge in [-0.1, -0.05) is 0 Å². The van der Waals surface area contributed by atoms with Crippen molar-refractivity contribution in [2.24, 2.45) is 0 Å². The molecule has 22 heavy (non-hydrogen) atoms. The van der Waals surface area contributed by atoms with Crippen LogP contribution in [0.2, 0.25) is 0 Å². The van der Waals surface area contributed by atoms with E-state index in [9.17, 15) is 9.18 Å². The predicted octanol–water partition coefficient (Wildman–Crippen LogP) is 2.13. The Bertz CT molecular complexity index is 606. The molecule has 0 radical (unpaired) electrons. The van der Waals surface area contributed by atoms with Gasteiger partial charge in [-0.3, -0.25) is 4.79 Å². The van der Waals surface area contributed by atoms with Crippen LogP contribution in [0.3, 0.4) is 0 Å². The third kappa shape index (κ3) is 2.37. The number of Topliss-reactive ketones (excluding diaryl/α,β-unsaturated/α-hetero) is 1. The largest absolute Gasteiger partial charge is 0.367 e. The Morgan fingerprint density at radius 3 is 2.45 bits per heavy atom. The highest BCUT2D eigenvalue weighted by atomic mass is 19.1. The van der Waals surface area contributed by atoms with Crippen LogP contribution in [0.25, 0.3) is 0 Å². The van der Waals surface area contributed by atoms with E-state index in [0.717, 1.165) is 38.4 Å². The molecule has 4 rings (SSSR count). The number of hydrogen-bond acceptors (Lipinski definition) is 4. The number of ketones is 1. The maximum Gasteiger partial charge on any atom is 0.166 e. The molecule has 5 heteroatoms. The number of rotatable bonds is 2. The molecule has 0 aromatic heterocycles. The quantitative estimate of drug-likeness (QED) is 0.836. The second kappa shape index (κ2) is 5.23. The molecular formula is C17H22FN3O. The number of nitrogens with zero attached hydrogens (tertiary/aromatic N) is 3. The van der Waals surface area contributed by atoms with E-state index in [1.54, 1.807) is 0 Å². The molecule has 0 atom stereocenters. The van der Waals surface area contributed by atoms with Gasteiger partial charge in [0.1, 0.15) is 5.82 Å². The van der Waals surface area contributed by atoms with Crippen LogP contribution in [0.4, 0.5) is 15.8 Å². The van der Waals surface area contributed by atoms with Gasteiger partial charge in [-0.05, 0) is 32.0 Å². The molecule has 0 N–H and O–H groups in total. The van der Waals surface area contributed by atoms with Crippen LogP contribution in [0, 0.1) is 5.82 Å². The zero-order chi connectivity index (χ0) is 15.3. The maximum absolute atomic E-state index is 14.6. The van der Waals surface area contributed by atoms with Gasteiger partial charge in [0, 0.05) is 50.7 Å². The number of hydrogen-bond donors (Lipinski definition) is 0. The van der Waals surface area contributed by atoms with E-state index >= 15 is 0 Å². The van der Waals surface area contributed by atoms with Gasteiger partial charge < -0.3 is 14.7 Å². The smallest absolute Gasteiger partial charge is 0.166 e. The highest BCUT2D eigenvalue weighted by Crippen LogP contribution is 2.39. The van der Waals surface area contributed by atoms with Crippen molar-refractivity contribution in [2.75, 3.05) is 49.6 Å². The van der Waals surface area contributed by atoms with Crippen LogP contribution in [0.5, 0.6) is 0 Å². The topological polar surface area (TPSA) is 26.8 Å². The fraction of sp³-hybridized carbons (Fsp3) is 0.588. The molecule has 0 spiro atoms. The first-order valence-corrected chi connectivity index (χ1v) is 8.20. The minimum Gasteiger partial charge on any atom is -0.367 e. The van der Waals surface area contributed by atoms with E-state index in [1.165, 1.54) is 18.9 Å². The normalized spacial score (nSPS) is 22.9. The Hall–Kier alpha value is -1.62. The van der Waals surface area contributed by atoms with Crippen LogP contribution in [-0.4, -0.2) is 56.5 Å². The second-order valence-electron chi connectivity index (χ2n) is 6.71. The number of halogens is 1. The van der Waals surface area contributed by atoms with Crippen molar-refractivity contribution in [3.63, 3.8) is 0 Å². The van der Waals surface area contributed by atoms with Crippen LogP contribution >= 0.6 is 0 Å². The van der Waals surface area contributed by atoms with Gasteiger partial charge in [0.25, 0.3) is 0 Å². The summed E-state index contributed by atoms with van der Waals surface area (Å²) in [6, 6.07) is 3.95. The molecule has 1 saturated carbocycles. The SMILES string of the molecule is CN1CCN(c2cc3c(cc2F)C(=O)CCN3C2CC2)CC1. The van der Waals surface area contributed by atoms with Crippen molar-refractivity contribution in [3.8, 4) is 0 Å². The van der Waals surface area contributed by atoms with E-state index < -0.39 is 0 Å². The predicted molar refractivity (Wildman–Crippen MR) is 85.4 cm³/mol. The van der Waals surface area contributed by atoms with E-state index in [2.05, 4.69) is 21.7 Å². The minimum absolute atomic E-state index is 0.0794. The number of benzene rings is 1. The summed E-state index contributed by atoms with van der Waals surface area (Å²) in [4.78, 5) is 18.8. The lowest BCUT2D eigenvalue weighted by Crippen LogP contribution is -2.45. The average Bonchev–Trinajstić information content (AvgIpc) is 3.33. The summed E-state index contributed by atoms with van der Waals surface area (Å²) in [5.74, 6) is -0.176. The van der Waals surface area contributed by atoms with Crippen molar-refractivity contribution in [2.45, 2.75) is 25.3 Å². The molecule has 0 amide bonds.